The number of anilines is 1. The summed E-state index contributed by atoms with van der Waals surface area (Å²) in [6.45, 7) is 0. The van der Waals surface area contributed by atoms with Crippen LogP contribution >= 0.6 is 0 Å². The Balaban J connectivity index is 3.36. The molecule has 0 atom stereocenters. The van der Waals surface area contributed by atoms with Gasteiger partial charge in [-0.15, -0.1) is 0 Å². The molecule has 0 aromatic carbocycles. The second-order valence-corrected chi connectivity index (χ2v) is 2.81. The molecular weight excluding hydrogens is 222 g/mol. The highest BCUT2D eigenvalue weighted by molar-refractivity contribution is 5.92. The number of halogens is 2. The second kappa shape index (κ2) is 4.73. The van der Waals surface area contributed by atoms with Crippen molar-refractivity contribution in [3.63, 3.8) is 0 Å². The Kier molecular flexibility index (Phi) is 3.60. The van der Waals surface area contributed by atoms with Gasteiger partial charge in [-0.2, -0.15) is 0 Å². The summed E-state index contributed by atoms with van der Waals surface area (Å²) in [6, 6.07) is 0.954. The van der Waals surface area contributed by atoms with Crippen LogP contribution in [-0.2, 0) is 4.74 Å². The molecule has 5 nitrogen and oxygen atoms in total. The third-order valence-corrected chi connectivity index (χ3v) is 1.83. The second-order valence-electron chi connectivity index (χ2n) is 2.81. The lowest BCUT2D eigenvalue weighted by Crippen LogP contribution is -2.11. The molecule has 0 amide bonds. The fourth-order valence-electron chi connectivity index (χ4n) is 1.14. The Hall–Kier alpha value is -1.92. The molecule has 0 aliphatic heterocycles. The van der Waals surface area contributed by atoms with Crippen molar-refractivity contribution < 1.29 is 23.0 Å². The lowest BCUT2D eigenvalue weighted by molar-refractivity contribution is 0.0588. The number of alkyl halides is 2. The van der Waals surface area contributed by atoms with Crippen LogP contribution in [0, 0.1) is 0 Å². The third kappa shape index (κ3) is 2.18. The van der Waals surface area contributed by atoms with Gasteiger partial charge < -0.3 is 15.2 Å². The maximum absolute atomic E-state index is 12.4. The van der Waals surface area contributed by atoms with Gasteiger partial charge in [-0.25, -0.2) is 18.6 Å². The van der Waals surface area contributed by atoms with Crippen molar-refractivity contribution in [3.05, 3.63) is 17.5 Å². The zero-order valence-corrected chi connectivity index (χ0v) is 8.66. The highest BCUT2D eigenvalue weighted by atomic mass is 19.3. The normalized spacial score (nSPS) is 10.3. The van der Waals surface area contributed by atoms with Crippen molar-refractivity contribution in [3.8, 4) is 5.75 Å². The molecule has 0 bridgehead atoms. The molecule has 1 rings (SSSR count). The molecule has 16 heavy (non-hydrogen) atoms. The van der Waals surface area contributed by atoms with Crippen LogP contribution in [0.2, 0.25) is 0 Å². The van der Waals surface area contributed by atoms with Crippen LogP contribution in [0.5, 0.6) is 5.75 Å². The van der Waals surface area contributed by atoms with E-state index in [1.165, 1.54) is 7.11 Å². The standard InChI is InChI=1S/C9H10F2N2O3/c1-15-7-4(12)3-5(8(10)11)13-6(7)9(14)16-2/h3,8H,1-2H3,(H2,12,13). The monoisotopic (exact) mass is 232 g/mol. The third-order valence-electron chi connectivity index (χ3n) is 1.83. The molecular formula is C9H10F2N2O3. The number of pyridine rings is 1. The van der Waals surface area contributed by atoms with Gasteiger partial charge in [0.25, 0.3) is 6.43 Å². The van der Waals surface area contributed by atoms with Gasteiger partial charge in [0.1, 0.15) is 5.69 Å². The molecule has 1 heterocycles. The van der Waals surface area contributed by atoms with E-state index in [1.54, 1.807) is 0 Å². The number of rotatable bonds is 3. The van der Waals surface area contributed by atoms with Gasteiger partial charge in [-0.05, 0) is 6.07 Å². The lowest BCUT2D eigenvalue weighted by atomic mass is 10.2. The summed E-state index contributed by atoms with van der Waals surface area (Å²) in [7, 11) is 2.36. The molecule has 88 valence electrons. The topological polar surface area (TPSA) is 74.4 Å². The fraction of sp³-hybridized carbons (Fsp3) is 0.333. The summed E-state index contributed by atoms with van der Waals surface area (Å²) < 4.78 is 34.0. The molecule has 0 aliphatic carbocycles. The molecule has 1 aromatic rings. The number of methoxy groups -OCH3 is 2. The van der Waals surface area contributed by atoms with Crippen LogP contribution in [0.4, 0.5) is 14.5 Å². The van der Waals surface area contributed by atoms with Crippen LogP contribution in [-0.4, -0.2) is 25.2 Å². The van der Waals surface area contributed by atoms with E-state index in [4.69, 9.17) is 10.5 Å². The van der Waals surface area contributed by atoms with Crippen LogP contribution in [0.15, 0.2) is 6.07 Å². The Morgan fingerprint density at radius 3 is 2.56 bits per heavy atom. The summed E-state index contributed by atoms with van der Waals surface area (Å²) in [5.74, 6) is -0.956. The van der Waals surface area contributed by atoms with E-state index < -0.39 is 18.1 Å². The largest absolute Gasteiger partial charge is 0.492 e. The summed E-state index contributed by atoms with van der Waals surface area (Å²) in [5.41, 5.74) is 4.41. The molecule has 0 aliphatic rings. The zero-order valence-electron chi connectivity index (χ0n) is 8.66. The molecule has 1 aromatic heterocycles. The summed E-state index contributed by atoms with van der Waals surface area (Å²) in [5, 5.41) is 0. The average molecular weight is 232 g/mol. The van der Waals surface area contributed by atoms with Gasteiger partial charge in [-0.3, -0.25) is 0 Å². The highest BCUT2D eigenvalue weighted by Gasteiger charge is 2.22. The maximum atomic E-state index is 12.4. The number of esters is 1. The van der Waals surface area contributed by atoms with Crippen LogP contribution in [0.1, 0.15) is 22.6 Å². The van der Waals surface area contributed by atoms with Crippen LogP contribution in [0.3, 0.4) is 0 Å². The van der Waals surface area contributed by atoms with Crippen LogP contribution < -0.4 is 10.5 Å². The number of carbonyl (C=O) groups excluding carboxylic acids is 1. The summed E-state index contributed by atoms with van der Waals surface area (Å²) in [6.07, 6.45) is -2.82. The van der Waals surface area contributed by atoms with Crippen molar-refractivity contribution in [2.75, 3.05) is 20.0 Å². The van der Waals surface area contributed by atoms with Crippen molar-refractivity contribution >= 4 is 11.7 Å². The maximum Gasteiger partial charge on any atom is 0.360 e. The Bertz CT molecular complexity index is 410. The lowest BCUT2D eigenvalue weighted by Gasteiger charge is -2.10. The molecule has 0 radical (unpaired) electrons. The Morgan fingerprint density at radius 2 is 2.12 bits per heavy atom. The average Bonchev–Trinajstić information content (AvgIpc) is 2.26. The van der Waals surface area contributed by atoms with Gasteiger partial charge in [0.05, 0.1) is 19.9 Å². The number of hydrogen-bond donors (Lipinski definition) is 1. The SMILES string of the molecule is COC(=O)c1nc(C(F)F)cc(N)c1OC. The summed E-state index contributed by atoms with van der Waals surface area (Å²) in [4.78, 5) is 14.7. The first kappa shape index (κ1) is 12.2. The minimum Gasteiger partial charge on any atom is -0.492 e. The Morgan fingerprint density at radius 1 is 1.50 bits per heavy atom. The number of nitrogen functional groups attached to an aromatic ring is 1. The summed E-state index contributed by atoms with van der Waals surface area (Å²) >= 11 is 0. The van der Waals surface area contributed by atoms with E-state index in [1.807, 2.05) is 0 Å². The van der Waals surface area contributed by atoms with Crippen LogP contribution in [0.25, 0.3) is 0 Å². The minimum absolute atomic E-state index is 0.0729. The Labute approximate surface area is 90.2 Å². The zero-order chi connectivity index (χ0) is 12.3. The van der Waals surface area contributed by atoms with E-state index >= 15 is 0 Å². The highest BCUT2D eigenvalue weighted by Crippen LogP contribution is 2.29. The number of hydrogen-bond acceptors (Lipinski definition) is 5. The number of carbonyl (C=O) groups is 1. The molecule has 0 spiro atoms. The minimum atomic E-state index is -2.82. The predicted molar refractivity (Wildman–Crippen MR) is 51.5 cm³/mol. The number of ether oxygens (including phenoxy) is 2. The van der Waals surface area contributed by atoms with Gasteiger partial charge >= 0.3 is 5.97 Å². The van der Waals surface area contributed by atoms with Crippen molar-refractivity contribution in [1.29, 1.82) is 0 Å². The first-order chi connectivity index (χ1) is 7.51. The van der Waals surface area contributed by atoms with E-state index in [0.717, 1.165) is 13.2 Å². The molecule has 2 N–H and O–H groups in total. The molecule has 0 unspecified atom stereocenters. The first-order valence-electron chi connectivity index (χ1n) is 4.22. The molecule has 0 saturated heterocycles. The quantitative estimate of drug-likeness (QED) is 0.797. The number of aromatic nitrogens is 1. The van der Waals surface area contributed by atoms with Crippen molar-refractivity contribution in [2.24, 2.45) is 0 Å². The van der Waals surface area contributed by atoms with Crippen molar-refractivity contribution in [2.45, 2.75) is 6.43 Å². The van der Waals surface area contributed by atoms with E-state index in [0.29, 0.717) is 0 Å². The van der Waals surface area contributed by atoms with E-state index in [9.17, 15) is 13.6 Å². The molecule has 7 heteroatoms. The van der Waals surface area contributed by atoms with Gasteiger partial charge in [0, 0.05) is 0 Å². The van der Waals surface area contributed by atoms with Gasteiger partial charge in [0.15, 0.2) is 11.4 Å². The van der Waals surface area contributed by atoms with E-state index in [-0.39, 0.29) is 17.1 Å². The predicted octanol–water partition coefficient (Wildman–Crippen LogP) is 1.40. The van der Waals surface area contributed by atoms with Gasteiger partial charge in [0.2, 0.25) is 0 Å². The number of nitrogens with zero attached hydrogens (tertiary/aromatic N) is 1. The van der Waals surface area contributed by atoms with Crippen molar-refractivity contribution in [1.82, 2.24) is 4.98 Å². The number of nitrogens with two attached hydrogens (primary N) is 1. The fourth-order valence-corrected chi connectivity index (χ4v) is 1.14. The smallest absolute Gasteiger partial charge is 0.360 e. The van der Waals surface area contributed by atoms with E-state index in [2.05, 4.69) is 9.72 Å². The first-order valence-corrected chi connectivity index (χ1v) is 4.22. The van der Waals surface area contributed by atoms with Gasteiger partial charge in [-0.1, -0.05) is 0 Å². The molecule has 0 fully saturated rings. The molecule has 0 saturated carbocycles.